The third-order valence-electron chi connectivity index (χ3n) is 3.62. The molecule has 3 rings (SSSR count). The summed E-state index contributed by atoms with van der Waals surface area (Å²) in [6, 6.07) is 4.73. The van der Waals surface area contributed by atoms with Crippen molar-refractivity contribution >= 4 is 35.1 Å². The summed E-state index contributed by atoms with van der Waals surface area (Å²) in [5.41, 5.74) is 1.89. The van der Waals surface area contributed by atoms with E-state index < -0.39 is 12.0 Å². The standard InChI is InChI=1S/C16H16Cl2N4O2/c1-8(2)24-15(23)13-9(3)21-16-19-7-20-22(16)14(13)10-4-5-11(17)12(18)6-10/h4-8,14H,1-3H3,(H,19,20,21). The molecule has 126 valence electrons. The van der Waals surface area contributed by atoms with E-state index in [1.54, 1.807) is 37.6 Å². The van der Waals surface area contributed by atoms with Crippen LogP contribution in [0.25, 0.3) is 0 Å². The van der Waals surface area contributed by atoms with Crippen LogP contribution < -0.4 is 5.32 Å². The Morgan fingerprint density at radius 1 is 1.33 bits per heavy atom. The number of nitrogens with one attached hydrogen (secondary N) is 1. The Labute approximate surface area is 149 Å². The quantitative estimate of drug-likeness (QED) is 0.836. The molecule has 6 nitrogen and oxygen atoms in total. The zero-order chi connectivity index (χ0) is 17.4. The van der Waals surface area contributed by atoms with E-state index in [0.29, 0.717) is 27.3 Å². The summed E-state index contributed by atoms with van der Waals surface area (Å²) in [6.45, 7) is 5.41. The fourth-order valence-corrected chi connectivity index (χ4v) is 2.93. The van der Waals surface area contributed by atoms with Crippen LogP contribution in [0.5, 0.6) is 0 Å². The summed E-state index contributed by atoms with van der Waals surface area (Å²) >= 11 is 12.2. The molecule has 1 aromatic carbocycles. The first-order valence-corrected chi connectivity index (χ1v) is 8.17. The maximum absolute atomic E-state index is 12.6. The van der Waals surface area contributed by atoms with Gasteiger partial charge in [0.05, 0.1) is 21.7 Å². The zero-order valence-electron chi connectivity index (χ0n) is 13.4. The Morgan fingerprint density at radius 3 is 2.75 bits per heavy atom. The Balaban J connectivity index is 2.14. The van der Waals surface area contributed by atoms with Gasteiger partial charge in [0.1, 0.15) is 12.4 Å². The number of ether oxygens (including phenoxy) is 1. The summed E-state index contributed by atoms with van der Waals surface area (Å²) < 4.78 is 7.03. The molecule has 1 N–H and O–H groups in total. The Hall–Kier alpha value is -2.05. The number of carbonyl (C=O) groups is 1. The van der Waals surface area contributed by atoms with Gasteiger partial charge in [-0.2, -0.15) is 10.1 Å². The van der Waals surface area contributed by atoms with Gasteiger partial charge in [-0.15, -0.1) is 0 Å². The number of allylic oxidation sites excluding steroid dienone is 1. The second-order valence-electron chi connectivity index (χ2n) is 5.72. The molecule has 0 fully saturated rings. The van der Waals surface area contributed by atoms with Crippen molar-refractivity contribution in [3.05, 3.63) is 51.4 Å². The number of carbonyl (C=O) groups excluding carboxylic acids is 1. The third kappa shape index (κ3) is 2.99. The normalized spacial score (nSPS) is 16.8. The van der Waals surface area contributed by atoms with Gasteiger partial charge in [-0.25, -0.2) is 9.48 Å². The van der Waals surface area contributed by atoms with Crippen molar-refractivity contribution in [3.8, 4) is 0 Å². The lowest BCUT2D eigenvalue weighted by Gasteiger charge is -2.28. The van der Waals surface area contributed by atoms with Crippen LogP contribution >= 0.6 is 23.2 Å². The van der Waals surface area contributed by atoms with Gasteiger partial charge in [0.2, 0.25) is 5.95 Å². The molecule has 2 heterocycles. The second-order valence-corrected chi connectivity index (χ2v) is 6.54. The van der Waals surface area contributed by atoms with Gasteiger partial charge in [0.15, 0.2) is 0 Å². The van der Waals surface area contributed by atoms with Crippen LogP contribution in [-0.4, -0.2) is 26.8 Å². The first-order valence-electron chi connectivity index (χ1n) is 7.41. The third-order valence-corrected chi connectivity index (χ3v) is 4.36. The summed E-state index contributed by atoms with van der Waals surface area (Å²) in [7, 11) is 0. The highest BCUT2D eigenvalue weighted by molar-refractivity contribution is 6.42. The van der Waals surface area contributed by atoms with Gasteiger partial charge in [-0.05, 0) is 38.5 Å². The number of anilines is 1. The highest BCUT2D eigenvalue weighted by atomic mass is 35.5. The van der Waals surface area contributed by atoms with E-state index in [-0.39, 0.29) is 6.10 Å². The largest absolute Gasteiger partial charge is 0.459 e. The van der Waals surface area contributed by atoms with Gasteiger partial charge in [0, 0.05) is 5.70 Å². The molecule has 0 saturated carbocycles. The molecule has 0 aliphatic carbocycles. The van der Waals surface area contributed by atoms with E-state index in [4.69, 9.17) is 27.9 Å². The maximum Gasteiger partial charge on any atom is 0.338 e. The van der Waals surface area contributed by atoms with E-state index in [9.17, 15) is 4.79 Å². The predicted octanol–water partition coefficient (Wildman–Crippen LogP) is 3.83. The second kappa shape index (κ2) is 6.45. The molecule has 0 amide bonds. The van der Waals surface area contributed by atoms with E-state index in [1.807, 2.05) is 6.07 Å². The number of benzene rings is 1. The minimum Gasteiger partial charge on any atom is -0.459 e. The topological polar surface area (TPSA) is 69.0 Å². The van der Waals surface area contributed by atoms with Crippen molar-refractivity contribution in [1.82, 2.24) is 14.8 Å². The first-order chi connectivity index (χ1) is 11.4. The van der Waals surface area contributed by atoms with E-state index >= 15 is 0 Å². The number of hydrogen-bond donors (Lipinski definition) is 1. The van der Waals surface area contributed by atoms with E-state index in [1.165, 1.54) is 6.33 Å². The van der Waals surface area contributed by atoms with Crippen molar-refractivity contribution in [3.63, 3.8) is 0 Å². The number of esters is 1. The van der Waals surface area contributed by atoms with Gasteiger partial charge in [-0.3, -0.25) is 0 Å². The highest BCUT2D eigenvalue weighted by Crippen LogP contribution is 2.37. The molecule has 0 spiro atoms. The SMILES string of the molecule is CC1=C(C(=O)OC(C)C)C(c2ccc(Cl)c(Cl)c2)n2ncnc2N1. The van der Waals surface area contributed by atoms with Crippen LogP contribution in [-0.2, 0) is 9.53 Å². The van der Waals surface area contributed by atoms with Crippen LogP contribution in [0.15, 0.2) is 35.8 Å². The van der Waals surface area contributed by atoms with Crippen molar-refractivity contribution in [2.24, 2.45) is 0 Å². The van der Waals surface area contributed by atoms with Crippen LogP contribution in [0.4, 0.5) is 5.95 Å². The molecule has 1 atom stereocenters. The van der Waals surface area contributed by atoms with Crippen LogP contribution in [0, 0.1) is 0 Å². The molecular formula is C16H16Cl2N4O2. The Kier molecular flexibility index (Phi) is 4.51. The van der Waals surface area contributed by atoms with E-state index in [2.05, 4.69) is 15.4 Å². The number of fused-ring (bicyclic) bond motifs is 1. The number of nitrogens with zero attached hydrogens (tertiary/aromatic N) is 3. The molecule has 1 aliphatic heterocycles. The highest BCUT2D eigenvalue weighted by Gasteiger charge is 2.34. The van der Waals surface area contributed by atoms with Gasteiger partial charge >= 0.3 is 5.97 Å². The first kappa shape index (κ1) is 16.8. The van der Waals surface area contributed by atoms with Crippen LogP contribution in [0.1, 0.15) is 32.4 Å². The molecule has 0 radical (unpaired) electrons. The molecule has 24 heavy (non-hydrogen) atoms. The monoisotopic (exact) mass is 366 g/mol. The fraction of sp³-hybridized carbons (Fsp3) is 0.312. The lowest BCUT2D eigenvalue weighted by Crippen LogP contribution is -2.30. The van der Waals surface area contributed by atoms with Crippen molar-refractivity contribution in [2.45, 2.75) is 32.9 Å². The number of aromatic nitrogens is 3. The molecular weight excluding hydrogens is 351 g/mol. The van der Waals surface area contributed by atoms with Gasteiger partial charge in [-0.1, -0.05) is 29.3 Å². The number of hydrogen-bond acceptors (Lipinski definition) is 5. The van der Waals surface area contributed by atoms with Crippen molar-refractivity contribution in [2.75, 3.05) is 5.32 Å². The molecule has 2 aromatic rings. The molecule has 0 bridgehead atoms. The molecule has 1 unspecified atom stereocenters. The lowest BCUT2D eigenvalue weighted by atomic mass is 9.96. The van der Waals surface area contributed by atoms with E-state index in [0.717, 1.165) is 5.56 Å². The summed E-state index contributed by atoms with van der Waals surface area (Å²) in [6.07, 6.45) is 1.20. The average Bonchev–Trinajstić information content (AvgIpc) is 2.95. The average molecular weight is 367 g/mol. The minimum atomic E-state index is -0.496. The van der Waals surface area contributed by atoms with Crippen LogP contribution in [0.3, 0.4) is 0 Å². The summed E-state index contributed by atoms with van der Waals surface area (Å²) in [4.78, 5) is 16.8. The predicted molar refractivity (Wildman–Crippen MR) is 92.2 cm³/mol. The number of rotatable bonds is 3. The van der Waals surface area contributed by atoms with Crippen molar-refractivity contribution in [1.29, 1.82) is 0 Å². The fourth-order valence-electron chi connectivity index (χ4n) is 2.62. The Morgan fingerprint density at radius 2 is 2.08 bits per heavy atom. The smallest absolute Gasteiger partial charge is 0.338 e. The van der Waals surface area contributed by atoms with Crippen LogP contribution in [0.2, 0.25) is 10.0 Å². The number of halogens is 2. The van der Waals surface area contributed by atoms with Gasteiger partial charge in [0.25, 0.3) is 0 Å². The molecule has 1 aromatic heterocycles. The lowest BCUT2D eigenvalue weighted by molar-refractivity contribution is -0.143. The zero-order valence-corrected chi connectivity index (χ0v) is 14.9. The van der Waals surface area contributed by atoms with Gasteiger partial charge < -0.3 is 10.1 Å². The summed E-state index contributed by atoms with van der Waals surface area (Å²) in [5.74, 6) is 0.136. The molecule has 0 saturated heterocycles. The minimum absolute atomic E-state index is 0.232. The summed E-state index contributed by atoms with van der Waals surface area (Å²) in [5, 5.41) is 8.17. The molecule has 8 heteroatoms. The molecule has 1 aliphatic rings. The maximum atomic E-state index is 12.6. The Bertz CT molecular complexity index is 829. The van der Waals surface area contributed by atoms with Crippen molar-refractivity contribution < 1.29 is 9.53 Å².